The van der Waals surface area contributed by atoms with E-state index < -0.39 is 0 Å². The zero-order chi connectivity index (χ0) is 22.0. The second kappa shape index (κ2) is 27.2. The van der Waals surface area contributed by atoms with Crippen LogP contribution in [0, 0.1) is 6.92 Å². The highest BCUT2D eigenvalue weighted by Crippen LogP contribution is 2.26. The van der Waals surface area contributed by atoms with Crippen LogP contribution in [-0.2, 0) is 0 Å². The number of hydrogen-bond acceptors (Lipinski definition) is 1. The molecule has 0 unspecified atom stereocenters. The molecule has 3 rings (SSSR count). The maximum Gasteiger partial charge on any atom is 0.0122 e. The van der Waals surface area contributed by atoms with Crippen molar-refractivity contribution < 1.29 is 0 Å². The van der Waals surface area contributed by atoms with Crippen LogP contribution in [0.15, 0.2) is 101 Å². The quantitative estimate of drug-likeness (QED) is 0.414. The fraction of sp³-hybridized carbons (Fsp3) is 0.333. The molecule has 0 saturated carbocycles. The zero-order valence-electron chi connectivity index (χ0n) is 19.6. The van der Waals surface area contributed by atoms with Gasteiger partial charge in [0.1, 0.15) is 0 Å². The molecule has 156 valence electrons. The van der Waals surface area contributed by atoms with E-state index in [9.17, 15) is 0 Å². The summed E-state index contributed by atoms with van der Waals surface area (Å²) in [4.78, 5) is 2.57. The van der Waals surface area contributed by atoms with Crippen molar-refractivity contribution in [3.05, 3.63) is 96.6 Å². The average Bonchev–Trinajstić information content (AvgIpc) is 2.82. The summed E-state index contributed by atoms with van der Waals surface area (Å²) < 4.78 is 0. The Morgan fingerprint density at radius 2 is 0.643 bits per heavy atom. The Labute approximate surface area is 180 Å². The molecule has 1 heteroatoms. The number of benzene rings is 3. The molecule has 3 aromatic rings. The van der Waals surface area contributed by atoms with Crippen molar-refractivity contribution in [3.8, 4) is 0 Å². The third-order valence-electron chi connectivity index (χ3n) is 2.66. The van der Waals surface area contributed by atoms with Crippen LogP contribution in [0.4, 0.5) is 0 Å². The monoisotopic (exact) mass is 398 g/mol. The van der Waals surface area contributed by atoms with Gasteiger partial charge in [-0.3, -0.25) is 0 Å². The predicted octanol–water partition coefficient (Wildman–Crippen LogP) is 9.94. The van der Waals surface area contributed by atoms with Crippen molar-refractivity contribution in [1.29, 1.82) is 0 Å². The molecule has 0 aromatic heterocycles. The maximum atomic E-state index is 2.12. The molecule has 0 nitrogen and oxygen atoms in total. The van der Waals surface area contributed by atoms with Gasteiger partial charge in [-0.25, -0.2) is 0 Å². The molecule has 0 atom stereocenters. The van der Waals surface area contributed by atoms with Crippen molar-refractivity contribution >= 4 is 11.8 Å². The Kier molecular flexibility index (Phi) is 29.9. The smallest absolute Gasteiger partial charge is 0.0122 e. The molecule has 0 spiro atoms. The minimum absolute atomic E-state index is 1.29. The van der Waals surface area contributed by atoms with Crippen LogP contribution in [0.3, 0.4) is 0 Å². The fourth-order valence-electron chi connectivity index (χ4n) is 1.65. The van der Waals surface area contributed by atoms with Crippen LogP contribution < -0.4 is 0 Å². The summed E-state index contributed by atoms with van der Waals surface area (Å²) in [5.74, 6) is 0. The lowest BCUT2D eigenvalue weighted by Crippen LogP contribution is -1.70. The maximum absolute atomic E-state index is 2.12. The summed E-state index contributed by atoms with van der Waals surface area (Å²) in [6.45, 7) is 18.1. The Bertz CT molecular complexity index is 551. The lowest BCUT2D eigenvalue weighted by Gasteiger charge is -1.99. The molecule has 0 fully saturated rings. The normalized spacial score (nSPS) is 7.61. The van der Waals surface area contributed by atoms with E-state index in [1.165, 1.54) is 15.4 Å². The standard InChI is InChI=1S/C12H10S.C7H8.4C2H6/c1-3-7-11(8-4-1)13-12-9-5-2-6-10-12;1-7-5-3-2-4-6-7;4*1-2/h1-10H;2-6H,1H3;4*1-2H3. The molecular weight excluding hydrogens is 356 g/mol. The van der Waals surface area contributed by atoms with Crippen molar-refractivity contribution in [3.63, 3.8) is 0 Å². The lowest BCUT2D eigenvalue weighted by molar-refractivity contribution is 1.41. The highest BCUT2D eigenvalue weighted by atomic mass is 32.2. The van der Waals surface area contributed by atoms with Gasteiger partial charge < -0.3 is 0 Å². The van der Waals surface area contributed by atoms with Crippen LogP contribution in [0.5, 0.6) is 0 Å². The summed E-state index contributed by atoms with van der Waals surface area (Å²) in [5, 5.41) is 0. The number of hydrogen-bond donors (Lipinski definition) is 0. The first-order valence-corrected chi connectivity index (χ1v) is 11.5. The topological polar surface area (TPSA) is 0 Å². The van der Waals surface area contributed by atoms with Gasteiger partial charge in [0.2, 0.25) is 0 Å². The molecule has 0 aliphatic carbocycles. The SMILES string of the molecule is CC.CC.CC.CC.Cc1ccccc1.c1ccc(Sc2ccccc2)cc1. The number of rotatable bonds is 2. The molecule has 0 amide bonds. The first kappa shape index (κ1) is 30.7. The summed E-state index contributed by atoms with van der Waals surface area (Å²) in [7, 11) is 0. The van der Waals surface area contributed by atoms with E-state index in [0.29, 0.717) is 0 Å². The molecule has 28 heavy (non-hydrogen) atoms. The summed E-state index contributed by atoms with van der Waals surface area (Å²) >= 11 is 1.79. The Balaban J connectivity index is -0.000000355. The van der Waals surface area contributed by atoms with E-state index >= 15 is 0 Å². The van der Waals surface area contributed by atoms with Gasteiger partial charge in [-0.1, -0.05) is 139 Å². The largest absolute Gasteiger partial charge is 0.0901 e. The van der Waals surface area contributed by atoms with Crippen molar-refractivity contribution in [1.82, 2.24) is 0 Å². The van der Waals surface area contributed by atoms with Gasteiger partial charge in [0.15, 0.2) is 0 Å². The minimum atomic E-state index is 1.29. The summed E-state index contributed by atoms with van der Waals surface area (Å²) in [5.41, 5.74) is 1.32. The van der Waals surface area contributed by atoms with E-state index in [-0.39, 0.29) is 0 Å². The molecule has 0 N–H and O–H groups in total. The van der Waals surface area contributed by atoms with Gasteiger partial charge in [-0.05, 0) is 31.2 Å². The molecule has 0 radical (unpaired) electrons. The van der Waals surface area contributed by atoms with Crippen LogP contribution in [0.1, 0.15) is 61.0 Å². The van der Waals surface area contributed by atoms with E-state index in [4.69, 9.17) is 0 Å². The van der Waals surface area contributed by atoms with Gasteiger partial charge in [-0.15, -0.1) is 0 Å². The van der Waals surface area contributed by atoms with Crippen LogP contribution in [0.2, 0.25) is 0 Å². The third-order valence-corrected chi connectivity index (χ3v) is 3.68. The lowest BCUT2D eigenvalue weighted by atomic mass is 10.2. The number of aryl methyl sites for hydroxylation is 1. The van der Waals surface area contributed by atoms with Crippen molar-refractivity contribution in [2.75, 3.05) is 0 Å². The molecule has 0 saturated heterocycles. The van der Waals surface area contributed by atoms with Gasteiger partial charge in [0.05, 0.1) is 0 Å². The highest BCUT2D eigenvalue weighted by molar-refractivity contribution is 7.99. The molecule has 0 aliphatic rings. The molecular formula is C27H42S. The van der Waals surface area contributed by atoms with E-state index in [0.717, 1.165) is 0 Å². The van der Waals surface area contributed by atoms with E-state index in [1.807, 2.05) is 85.7 Å². The van der Waals surface area contributed by atoms with Gasteiger partial charge in [0.25, 0.3) is 0 Å². The minimum Gasteiger partial charge on any atom is -0.0901 e. The summed E-state index contributed by atoms with van der Waals surface area (Å²) in [6.07, 6.45) is 0. The molecule has 0 heterocycles. The second-order valence-electron chi connectivity index (χ2n) is 4.38. The molecule has 0 aliphatic heterocycles. The average molecular weight is 399 g/mol. The summed E-state index contributed by atoms with van der Waals surface area (Å²) in [6, 6.07) is 31.1. The van der Waals surface area contributed by atoms with Gasteiger partial charge >= 0.3 is 0 Å². The van der Waals surface area contributed by atoms with Crippen LogP contribution in [0.25, 0.3) is 0 Å². The first-order chi connectivity index (χ1) is 13.8. The molecule has 3 aromatic carbocycles. The Morgan fingerprint density at radius 1 is 0.393 bits per heavy atom. The van der Waals surface area contributed by atoms with Crippen LogP contribution >= 0.6 is 11.8 Å². The Hall–Kier alpha value is -1.99. The fourth-order valence-corrected chi connectivity index (χ4v) is 2.51. The highest BCUT2D eigenvalue weighted by Gasteiger charge is 1.93. The second-order valence-corrected chi connectivity index (χ2v) is 5.53. The van der Waals surface area contributed by atoms with Gasteiger partial charge in [-0.2, -0.15) is 0 Å². The van der Waals surface area contributed by atoms with E-state index in [1.54, 1.807) is 11.8 Å². The van der Waals surface area contributed by atoms with E-state index in [2.05, 4.69) is 67.6 Å². The van der Waals surface area contributed by atoms with Gasteiger partial charge in [0, 0.05) is 9.79 Å². The molecule has 0 bridgehead atoms. The zero-order valence-corrected chi connectivity index (χ0v) is 20.4. The Morgan fingerprint density at radius 3 is 0.857 bits per heavy atom. The first-order valence-electron chi connectivity index (χ1n) is 10.6. The van der Waals surface area contributed by atoms with Crippen molar-refractivity contribution in [2.45, 2.75) is 72.1 Å². The third kappa shape index (κ3) is 18.8. The van der Waals surface area contributed by atoms with Crippen molar-refractivity contribution in [2.24, 2.45) is 0 Å². The van der Waals surface area contributed by atoms with Crippen LogP contribution in [-0.4, -0.2) is 0 Å². The predicted molar refractivity (Wildman–Crippen MR) is 134 cm³/mol.